The summed E-state index contributed by atoms with van der Waals surface area (Å²) in [5.74, 6) is 0.637. The van der Waals surface area contributed by atoms with Crippen LogP contribution in [0.25, 0.3) is 50.0 Å². The summed E-state index contributed by atoms with van der Waals surface area (Å²) >= 11 is 0. The van der Waals surface area contributed by atoms with Crippen molar-refractivity contribution in [3.63, 3.8) is 0 Å². The van der Waals surface area contributed by atoms with Crippen LogP contribution in [0.5, 0.6) is 0 Å². The molecular formula is C44H34N2O. The van der Waals surface area contributed by atoms with Crippen LogP contribution in [0.3, 0.4) is 0 Å². The van der Waals surface area contributed by atoms with Gasteiger partial charge >= 0.3 is 0 Å². The van der Waals surface area contributed by atoms with Gasteiger partial charge in [-0.15, -0.1) is 0 Å². The third-order valence-corrected chi connectivity index (χ3v) is 9.95. The minimum absolute atomic E-state index is 0.00449. The predicted molar refractivity (Wildman–Crippen MR) is 195 cm³/mol. The standard InChI is InChI=1S/C44H34N2O/c1-44(2)39-19-10-9-18-36(39)38-28-35(23-24-40(38)44)46(33-17-11-16-32(26-33)29-12-5-3-6-13-29)34-22-20-30-21-25-41-42(37(30)27-34)47-43(45-41)31-14-7-4-8-15-31/h3-8,10-17,19-28H,9,18H2,1-2H3. The van der Waals surface area contributed by atoms with E-state index < -0.39 is 0 Å². The fourth-order valence-electron chi connectivity index (χ4n) is 7.58. The molecule has 0 bridgehead atoms. The van der Waals surface area contributed by atoms with E-state index >= 15 is 0 Å². The van der Waals surface area contributed by atoms with Crippen LogP contribution in [-0.4, -0.2) is 4.98 Å². The van der Waals surface area contributed by atoms with Crippen LogP contribution in [0.4, 0.5) is 17.1 Å². The molecule has 0 radical (unpaired) electrons. The maximum atomic E-state index is 6.49. The molecule has 0 saturated carbocycles. The number of hydrogen-bond acceptors (Lipinski definition) is 3. The molecule has 0 fully saturated rings. The lowest BCUT2D eigenvalue weighted by atomic mass is 9.80. The molecule has 9 rings (SSSR count). The van der Waals surface area contributed by atoms with Gasteiger partial charge in [-0.3, -0.25) is 0 Å². The van der Waals surface area contributed by atoms with Crippen molar-refractivity contribution in [1.29, 1.82) is 0 Å². The van der Waals surface area contributed by atoms with Gasteiger partial charge in [-0.05, 0) is 106 Å². The number of aromatic nitrogens is 1. The minimum Gasteiger partial charge on any atom is -0.435 e. The van der Waals surface area contributed by atoms with E-state index in [1.807, 2.05) is 30.3 Å². The molecule has 0 aliphatic heterocycles. The fraction of sp³-hybridized carbons (Fsp3) is 0.114. The quantitative estimate of drug-likeness (QED) is 0.195. The molecule has 7 aromatic rings. The Morgan fingerprint density at radius 1 is 0.660 bits per heavy atom. The van der Waals surface area contributed by atoms with Gasteiger partial charge in [0.2, 0.25) is 5.89 Å². The first-order valence-corrected chi connectivity index (χ1v) is 16.4. The molecule has 47 heavy (non-hydrogen) atoms. The van der Waals surface area contributed by atoms with Crippen LogP contribution in [0.1, 0.15) is 37.8 Å². The Morgan fingerprint density at radius 3 is 2.19 bits per heavy atom. The highest BCUT2D eigenvalue weighted by molar-refractivity contribution is 6.05. The molecule has 226 valence electrons. The summed E-state index contributed by atoms with van der Waals surface area (Å²) in [6.45, 7) is 4.72. The number of nitrogens with zero attached hydrogens (tertiary/aromatic N) is 2. The lowest BCUT2D eigenvalue weighted by Gasteiger charge is -2.28. The van der Waals surface area contributed by atoms with E-state index in [-0.39, 0.29) is 5.41 Å². The number of benzene rings is 6. The zero-order chi connectivity index (χ0) is 31.5. The molecule has 0 N–H and O–H groups in total. The lowest BCUT2D eigenvalue weighted by Crippen LogP contribution is -2.17. The molecule has 2 aliphatic rings. The maximum absolute atomic E-state index is 6.49. The van der Waals surface area contributed by atoms with Crippen molar-refractivity contribution in [3.05, 3.63) is 162 Å². The van der Waals surface area contributed by atoms with E-state index in [1.54, 1.807) is 0 Å². The number of rotatable bonds is 5. The number of hydrogen-bond donors (Lipinski definition) is 0. The molecule has 3 heteroatoms. The summed E-state index contributed by atoms with van der Waals surface area (Å²) < 4.78 is 6.49. The average molecular weight is 607 g/mol. The van der Waals surface area contributed by atoms with Gasteiger partial charge in [0, 0.05) is 33.4 Å². The smallest absolute Gasteiger partial charge is 0.227 e. The van der Waals surface area contributed by atoms with E-state index in [9.17, 15) is 0 Å². The van der Waals surface area contributed by atoms with Gasteiger partial charge in [-0.2, -0.15) is 0 Å². The van der Waals surface area contributed by atoms with Crippen LogP contribution in [0.2, 0.25) is 0 Å². The van der Waals surface area contributed by atoms with E-state index in [0.717, 1.165) is 57.3 Å². The van der Waals surface area contributed by atoms with Crippen molar-refractivity contribution in [3.8, 4) is 22.6 Å². The van der Waals surface area contributed by atoms with Crippen molar-refractivity contribution in [2.24, 2.45) is 0 Å². The predicted octanol–water partition coefficient (Wildman–Crippen LogP) is 12.2. The highest BCUT2D eigenvalue weighted by atomic mass is 16.3. The summed E-state index contributed by atoms with van der Waals surface area (Å²) in [5.41, 5.74) is 14.1. The summed E-state index contributed by atoms with van der Waals surface area (Å²) in [4.78, 5) is 7.26. The van der Waals surface area contributed by atoms with Crippen LogP contribution in [0.15, 0.2) is 156 Å². The third kappa shape index (κ3) is 4.53. The Kier molecular flexibility index (Phi) is 6.29. The Morgan fingerprint density at radius 2 is 1.36 bits per heavy atom. The van der Waals surface area contributed by atoms with Crippen molar-refractivity contribution < 1.29 is 4.42 Å². The zero-order valence-electron chi connectivity index (χ0n) is 26.6. The molecule has 0 unspecified atom stereocenters. The summed E-state index contributed by atoms with van der Waals surface area (Å²) in [6.07, 6.45) is 6.86. The largest absolute Gasteiger partial charge is 0.435 e. The molecular weight excluding hydrogens is 572 g/mol. The Labute approximate surface area is 275 Å². The molecule has 1 aromatic heterocycles. The van der Waals surface area contributed by atoms with Gasteiger partial charge in [0.1, 0.15) is 5.52 Å². The highest BCUT2D eigenvalue weighted by Gasteiger charge is 2.37. The molecule has 3 nitrogen and oxygen atoms in total. The number of oxazole rings is 1. The normalized spacial score (nSPS) is 14.9. The van der Waals surface area contributed by atoms with Gasteiger partial charge in [-0.25, -0.2) is 4.98 Å². The van der Waals surface area contributed by atoms with E-state index in [2.05, 4.69) is 134 Å². The molecule has 1 heterocycles. The van der Waals surface area contributed by atoms with E-state index in [4.69, 9.17) is 9.40 Å². The first kappa shape index (κ1) is 27.6. The second-order valence-corrected chi connectivity index (χ2v) is 13.1. The highest BCUT2D eigenvalue weighted by Crippen LogP contribution is 2.51. The fourth-order valence-corrected chi connectivity index (χ4v) is 7.58. The lowest BCUT2D eigenvalue weighted by molar-refractivity contribution is 0.623. The first-order valence-electron chi connectivity index (χ1n) is 16.4. The Hall–Kier alpha value is -5.67. The monoisotopic (exact) mass is 606 g/mol. The summed E-state index contributed by atoms with van der Waals surface area (Å²) in [6, 6.07) is 47.6. The first-order chi connectivity index (χ1) is 23.0. The van der Waals surface area contributed by atoms with Crippen molar-refractivity contribution in [2.75, 3.05) is 4.90 Å². The second kappa shape index (κ2) is 10.7. The third-order valence-electron chi connectivity index (χ3n) is 9.95. The Bertz CT molecular complexity index is 2380. The Balaban J connectivity index is 1.25. The second-order valence-electron chi connectivity index (χ2n) is 13.1. The maximum Gasteiger partial charge on any atom is 0.227 e. The van der Waals surface area contributed by atoms with Crippen LogP contribution in [-0.2, 0) is 5.41 Å². The molecule has 2 aliphatic carbocycles. The average Bonchev–Trinajstić information content (AvgIpc) is 3.67. The van der Waals surface area contributed by atoms with Gasteiger partial charge in [0.15, 0.2) is 5.58 Å². The molecule has 0 saturated heterocycles. The summed E-state index contributed by atoms with van der Waals surface area (Å²) in [7, 11) is 0. The van der Waals surface area contributed by atoms with Crippen molar-refractivity contribution >= 4 is 44.5 Å². The number of anilines is 3. The summed E-state index contributed by atoms with van der Waals surface area (Å²) in [5, 5.41) is 2.16. The van der Waals surface area contributed by atoms with Crippen LogP contribution >= 0.6 is 0 Å². The van der Waals surface area contributed by atoms with Crippen molar-refractivity contribution in [2.45, 2.75) is 32.1 Å². The van der Waals surface area contributed by atoms with Gasteiger partial charge < -0.3 is 9.32 Å². The van der Waals surface area contributed by atoms with Gasteiger partial charge in [0.25, 0.3) is 0 Å². The zero-order valence-corrected chi connectivity index (χ0v) is 26.6. The number of fused-ring (bicyclic) bond motifs is 5. The molecule has 0 amide bonds. The molecule has 0 atom stereocenters. The van der Waals surface area contributed by atoms with Crippen molar-refractivity contribution in [1.82, 2.24) is 4.98 Å². The van der Waals surface area contributed by atoms with Crippen LogP contribution < -0.4 is 4.90 Å². The molecule has 6 aromatic carbocycles. The number of allylic oxidation sites excluding steroid dienone is 4. The van der Waals surface area contributed by atoms with E-state index in [0.29, 0.717) is 5.89 Å². The SMILES string of the molecule is CC1(C)C2=C(CCC=C2)c2cc(N(c3cccc(-c4ccccc4)c3)c3ccc4ccc5nc(-c6ccccc6)oc5c4c3)ccc21. The topological polar surface area (TPSA) is 29.3 Å². The van der Waals surface area contributed by atoms with Gasteiger partial charge in [-0.1, -0.05) is 105 Å². The van der Waals surface area contributed by atoms with Gasteiger partial charge in [0.05, 0.1) is 0 Å². The van der Waals surface area contributed by atoms with Crippen LogP contribution in [0, 0.1) is 0 Å². The molecule has 0 spiro atoms. The van der Waals surface area contributed by atoms with E-state index in [1.165, 1.54) is 33.4 Å². The minimum atomic E-state index is -0.00449.